The first-order valence-corrected chi connectivity index (χ1v) is 11.8. The van der Waals surface area contributed by atoms with Crippen molar-refractivity contribution in [1.82, 2.24) is 20.8 Å². The number of rotatable bonds is 9. The Balaban J connectivity index is 1.56. The van der Waals surface area contributed by atoms with Crippen LogP contribution in [0.1, 0.15) is 70.4 Å². The van der Waals surface area contributed by atoms with Crippen LogP contribution in [0.2, 0.25) is 0 Å². The van der Waals surface area contributed by atoms with Gasteiger partial charge < -0.3 is 24.8 Å². The summed E-state index contributed by atoms with van der Waals surface area (Å²) in [4.78, 5) is 11.6. The molecule has 32 heavy (non-hydrogen) atoms. The Kier molecular flexibility index (Phi) is 8.90. The maximum atomic E-state index is 5.82. The number of nitrogens with zero attached hydrogens (tertiary/aromatic N) is 4. The molecule has 1 saturated heterocycles. The van der Waals surface area contributed by atoms with E-state index in [9.17, 15) is 0 Å². The summed E-state index contributed by atoms with van der Waals surface area (Å²) in [6, 6.07) is 6.21. The Morgan fingerprint density at radius 3 is 2.53 bits per heavy atom. The predicted molar refractivity (Wildman–Crippen MR) is 128 cm³/mol. The van der Waals surface area contributed by atoms with E-state index >= 15 is 0 Å². The molecule has 0 bridgehead atoms. The lowest BCUT2D eigenvalue weighted by Crippen LogP contribution is -2.45. The Morgan fingerprint density at radius 1 is 1.16 bits per heavy atom. The van der Waals surface area contributed by atoms with Crippen molar-refractivity contribution in [3.8, 4) is 0 Å². The zero-order valence-electron chi connectivity index (χ0n) is 20.1. The molecule has 0 amide bonds. The number of pyridine rings is 1. The highest BCUT2D eigenvalue weighted by Gasteiger charge is 2.23. The monoisotopic (exact) mass is 442 g/mol. The third kappa shape index (κ3) is 6.69. The molecular weight excluding hydrogens is 404 g/mol. The predicted octanol–water partition coefficient (Wildman–Crippen LogP) is 3.84. The van der Waals surface area contributed by atoms with E-state index in [2.05, 4.69) is 72.4 Å². The van der Waals surface area contributed by atoms with Gasteiger partial charge in [0.05, 0.1) is 31.0 Å². The van der Waals surface area contributed by atoms with Crippen LogP contribution in [-0.4, -0.2) is 47.9 Å². The fourth-order valence-electron chi connectivity index (χ4n) is 4.06. The van der Waals surface area contributed by atoms with E-state index in [0.29, 0.717) is 19.0 Å². The average Bonchev–Trinajstić information content (AvgIpc) is 3.25. The molecule has 176 valence electrons. The molecule has 0 saturated carbocycles. The molecule has 2 N–H and O–H groups in total. The molecule has 2 atom stereocenters. The van der Waals surface area contributed by atoms with Gasteiger partial charge in [-0.3, -0.25) is 0 Å². The van der Waals surface area contributed by atoms with Crippen LogP contribution in [0.3, 0.4) is 0 Å². The molecule has 1 fully saturated rings. The summed E-state index contributed by atoms with van der Waals surface area (Å²) in [7, 11) is 0. The minimum absolute atomic E-state index is 0.217. The largest absolute Gasteiger partial charge is 0.372 e. The number of aliphatic imine (C=N–C) groups is 1. The zero-order valence-corrected chi connectivity index (χ0v) is 20.1. The van der Waals surface area contributed by atoms with Gasteiger partial charge in [-0.15, -0.1) is 0 Å². The average molecular weight is 443 g/mol. The molecule has 1 aliphatic rings. The molecule has 0 spiro atoms. The summed E-state index contributed by atoms with van der Waals surface area (Å²) in [6.45, 7) is 14.2. The van der Waals surface area contributed by atoms with Crippen LogP contribution in [0.5, 0.6) is 0 Å². The highest BCUT2D eigenvalue weighted by molar-refractivity contribution is 5.79. The summed E-state index contributed by atoms with van der Waals surface area (Å²) in [6.07, 6.45) is 4.47. The first-order valence-electron chi connectivity index (χ1n) is 11.8. The van der Waals surface area contributed by atoms with Crippen LogP contribution < -0.4 is 15.5 Å². The minimum Gasteiger partial charge on any atom is -0.372 e. The normalized spacial score (nSPS) is 19.4. The lowest BCUT2D eigenvalue weighted by molar-refractivity contribution is -0.00545. The van der Waals surface area contributed by atoms with Crippen molar-refractivity contribution >= 4 is 11.8 Å². The fourth-order valence-corrected chi connectivity index (χ4v) is 4.06. The molecule has 2 aromatic rings. The van der Waals surface area contributed by atoms with Gasteiger partial charge in [-0.2, -0.15) is 0 Å². The van der Waals surface area contributed by atoms with Crippen LogP contribution in [0.25, 0.3) is 0 Å². The molecule has 1 aliphatic heterocycles. The maximum absolute atomic E-state index is 5.82. The van der Waals surface area contributed by atoms with E-state index < -0.39 is 0 Å². The second-order valence-electron chi connectivity index (χ2n) is 8.47. The van der Waals surface area contributed by atoms with Crippen LogP contribution in [0.4, 0.5) is 5.82 Å². The number of hydrogen-bond acceptors (Lipinski definition) is 6. The van der Waals surface area contributed by atoms with Crippen molar-refractivity contribution < 1.29 is 9.26 Å². The van der Waals surface area contributed by atoms with Crippen molar-refractivity contribution in [2.75, 3.05) is 24.5 Å². The molecule has 8 nitrogen and oxygen atoms in total. The highest BCUT2D eigenvalue weighted by atomic mass is 16.5. The molecule has 0 aliphatic carbocycles. The standard InChI is InChI=1S/C24H38N6O2/c1-6-20(7-2)22-11-21(32-29-22)14-28-24(25-8-3)27-13-19-9-10-23(26-12-19)30-15-17(4)31-18(5)16-30/h9-12,17-18,20H,6-8,13-16H2,1-5H3,(H2,25,27,28). The van der Waals surface area contributed by atoms with E-state index in [0.717, 1.165) is 61.3 Å². The van der Waals surface area contributed by atoms with Crippen molar-refractivity contribution in [2.45, 2.75) is 78.7 Å². The van der Waals surface area contributed by atoms with E-state index in [1.165, 1.54) is 0 Å². The summed E-state index contributed by atoms with van der Waals surface area (Å²) >= 11 is 0. The first kappa shape index (κ1) is 24.0. The van der Waals surface area contributed by atoms with E-state index in [1.54, 1.807) is 0 Å². The zero-order chi connectivity index (χ0) is 22.9. The summed E-state index contributed by atoms with van der Waals surface area (Å²) in [5.74, 6) is 3.00. The van der Waals surface area contributed by atoms with Gasteiger partial charge >= 0.3 is 0 Å². The second-order valence-corrected chi connectivity index (χ2v) is 8.47. The van der Waals surface area contributed by atoms with Crippen molar-refractivity contribution in [2.24, 2.45) is 4.99 Å². The van der Waals surface area contributed by atoms with E-state index in [1.807, 2.05) is 12.3 Å². The van der Waals surface area contributed by atoms with Gasteiger partial charge in [0, 0.05) is 37.8 Å². The molecule has 3 heterocycles. The quantitative estimate of drug-likeness (QED) is 0.451. The fraction of sp³-hybridized carbons (Fsp3) is 0.625. The number of ether oxygens (including phenoxy) is 1. The number of guanidine groups is 1. The van der Waals surface area contributed by atoms with Crippen LogP contribution >= 0.6 is 0 Å². The van der Waals surface area contributed by atoms with Crippen LogP contribution in [0.15, 0.2) is 33.9 Å². The Morgan fingerprint density at radius 2 is 1.91 bits per heavy atom. The molecule has 0 radical (unpaired) electrons. The van der Waals surface area contributed by atoms with Gasteiger partial charge in [0.25, 0.3) is 0 Å². The number of nitrogens with one attached hydrogen (secondary N) is 2. The molecule has 2 aromatic heterocycles. The summed E-state index contributed by atoms with van der Waals surface area (Å²) in [5, 5.41) is 10.8. The van der Waals surface area contributed by atoms with Gasteiger partial charge in [0.1, 0.15) is 5.82 Å². The van der Waals surface area contributed by atoms with Gasteiger partial charge in [0.15, 0.2) is 11.7 Å². The first-order chi connectivity index (χ1) is 15.5. The minimum atomic E-state index is 0.217. The van der Waals surface area contributed by atoms with Gasteiger partial charge in [-0.1, -0.05) is 25.1 Å². The number of aromatic nitrogens is 2. The van der Waals surface area contributed by atoms with Gasteiger partial charge in [0.2, 0.25) is 0 Å². The van der Waals surface area contributed by atoms with Crippen LogP contribution in [0, 0.1) is 0 Å². The molecule has 8 heteroatoms. The Labute approximate surface area is 191 Å². The third-order valence-electron chi connectivity index (χ3n) is 5.73. The van der Waals surface area contributed by atoms with Crippen LogP contribution in [-0.2, 0) is 17.8 Å². The van der Waals surface area contributed by atoms with Crippen molar-refractivity contribution in [3.05, 3.63) is 41.4 Å². The number of hydrogen-bond donors (Lipinski definition) is 2. The highest BCUT2D eigenvalue weighted by Crippen LogP contribution is 2.22. The number of morpholine rings is 1. The van der Waals surface area contributed by atoms with Crippen molar-refractivity contribution in [3.63, 3.8) is 0 Å². The Hall–Kier alpha value is -2.61. The third-order valence-corrected chi connectivity index (χ3v) is 5.73. The SMILES string of the molecule is CCNC(=NCc1ccc(N2CC(C)OC(C)C2)nc1)NCc1cc(C(CC)CC)no1. The smallest absolute Gasteiger partial charge is 0.191 e. The lowest BCUT2D eigenvalue weighted by Gasteiger charge is -2.36. The summed E-state index contributed by atoms with van der Waals surface area (Å²) < 4.78 is 11.3. The number of anilines is 1. The second kappa shape index (κ2) is 11.9. The van der Waals surface area contributed by atoms with Gasteiger partial charge in [-0.05, 0) is 45.2 Å². The molecule has 3 rings (SSSR count). The lowest BCUT2D eigenvalue weighted by atomic mass is 9.99. The maximum Gasteiger partial charge on any atom is 0.191 e. The summed E-state index contributed by atoms with van der Waals surface area (Å²) in [5.41, 5.74) is 2.10. The molecule has 0 aromatic carbocycles. The molecular formula is C24H38N6O2. The Bertz CT molecular complexity index is 836. The van der Waals surface area contributed by atoms with E-state index in [-0.39, 0.29) is 12.2 Å². The molecule has 2 unspecified atom stereocenters. The topological polar surface area (TPSA) is 87.8 Å². The van der Waals surface area contributed by atoms with Crippen molar-refractivity contribution in [1.29, 1.82) is 0 Å². The van der Waals surface area contributed by atoms with Gasteiger partial charge in [-0.25, -0.2) is 9.98 Å². The van der Waals surface area contributed by atoms with E-state index in [4.69, 9.17) is 14.3 Å².